The number of carbonyl (C=O) groups excluding carboxylic acids is 1. The van der Waals surface area contributed by atoms with Crippen molar-refractivity contribution in [2.45, 2.75) is 13.0 Å². The first-order valence-corrected chi connectivity index (χ1v) is 7.55. The minimum atomic E-state index is -0.703. The number of esters is 1. The van der Waals surface area contributed by atoms with E-state index in [1.54, 1.807) is 43.3 Å². The summed E-state index contributed by atoms with van der Waals surface area (Å²) in [6, 6.07) is 11.3. The molecule has 2 rings (SSSR count). The van der Waals surface area contributed by atoms with Gasteiger partial charge in [0.1, 0.15) is 11.5 Å². The van der Waals surface area contributed by atoms with E-state index in [9.17, 15) is 9.18 Å². The Hall–Kier alpha value is -1.83. The lowest BCUT2D eigenvalue weighted by Gasteiger charge is -2.13. The summed E-state index contributed by atoms with van der Waals surface area (Å²) in [6.07, 6.45) is -0.703. The summed E-state index contributed by atoms with van der Waals surface area (Å²) in [5, 5.41) is 0. The van der Waals surface area contributed by atoms with Crippen LogP contribution in [0.1, 0.15) is 6.92 Å². The molecule has 0 spiro atoms. The molecule has 0 amide bonds. The Morgan fingerprint density at radius 1 is 1.14 bits per heavy atom. The lowest BCUT2D eigenvalue weighted by molar-refractivity contribution is -0.147. The molecule has 22 heavy (non-hydrogen) atoms. The van der Waals surface area contributed by atoms with E-state index in [2.05, 4.69) is 4.74 Å². The molecule has 1 unspecified atom stereocenters. The second-order valence-electron chi connectivity index (χ2n) is 4.43. The molecular formula is C16H14FIO4. The lowest BCUT2D eigenvalue weighted by atomic mass is 10.3. The molecule has 0 saturated heterocycles. The van der Waals surface area contributed by atoms with E-state index >= 15 is 0 Å². The SMILES string of the molecule is COC(=O)C(C)Oc1ccc(Oc2ccc(I)cc2F)cc1. The number of methoxy groups -OCH3 is 1. The Bertz CT molecular complexity index is 658. The Morgan fingerprint density at radius 3 is 2.36 bits per heavy atom. The van der Waals surface area contributed by atoms with Crippen molar-refractivity contribution >= 4 is 28.6 Å². The van der Waals surface area contributed by atoms with Crippen molar-refractivity contribution in [3.8, 4) is 17.2 Å². The van der Waals surface area contributed by atoms with Crippen LogP contribution in [0.4, 0.5) is 4.39 Å². The highest BCUT2D eigenvalue weighted by molar-refractivity contribution is 14.1. The van der Waals surface area contributed by atoms with Crippen molar-refractivity contribution in [3.63, 3.8) is 0 Å². The predicted octanol–water partition coefficient (Wildman–Crippen LogP) is 4.16. The first-order chi connectivity index (χ1) is 10.5. The summed E-state index contributed by atoms with van der Waals surface area (Å²) in [7, 11) is 1.30. The monoisotopic (exact) mass is 416 g/mol. The molecule has 4 nitrogen and oxygen atoms in total. The van der Waals surface area contributed by atoms with Gasteiger partial charge in [0.05, 0.1) is 7.11 Å². The van der Waals surface area contributed by atoms with Crippen molar-refractivity contribution < 1.29 is 23.4 Å². The van der Waals surface area contributed by atoms with Gasteiger partial charge in [0.25, 0.3) is 0 Å². The van der Waals surface area contributed by atoms with Gasteiger partial charge in [0.15, 0.2) is 17.7 Å². The van der Waals surface area contributed by atoms with Crippen molar-refractivity contribution in [3.05, 3.63) is 51.9 Å². The van der Waals surface area contributed by atoms with Crippen LogP contribution in [-0.4, -0.2) is 19.2 Å². The van der Waals surface area contributed by atoms with Gasteiger partial charge in [-0.2, -0.15) is 0 Å². The highest BCUT2D eigenvalue weighted by Crippen LogP contribution is 2.27. The third kappa shape index (κ3) is 4.33. The van der Waals surface area contributed by atoms with Crippen LogP contribution in [0.5, 0.6) is 17.2 Å². The molecule has 2 aromatic carbocycles. The molecule has 0 aliphatic heterocycles. The van der Waals surface area contributed by atoms with Crippen molar-refractivity contribution in [2.75, 3.05) is 7.11 Å². The van der Waals surface area contributed by atoms with Crippen LogP contribution >= 0.6 is 22.6 Å². The Morgan fingerprint density at radius 2 is 1.77 bits per heavy atom. The van der Waals surface area contributed by atoms with Gasteiger partial charge in [-0.25, -0.2) is 9.18 Å². The minimum Gasteiger partial charge on any atom is -0.479 e. The first-order valence-electron chi connectivity index (χ1n) is 6.47. The van der Waals surface area contributed by atoms with Gasteiger partial charge in [-0.3, -0.25) is 0 Å². The van der Waals surface area contributed by atoms with E-state index in [4.69, 9.17) is 9.47 Å². The molecule has 0 saturated carbocycles. The summed E-state index contributed by atoms with van der Waals surface area (Å²) < 4.78 is 30.0. The summed E-state index contributed by atoms with van der Waals surface area (Å²) in [6.45, 7) is 1.59. The molecule has 0 aromatic heterocycles. The molecule has 6 heteroatoms. The summed E-state index contributed by atoms with van der Waals surface area (Å²) in [5.74, 6) is 0.233. The van der Waals surface area contributed by atoms with Crippen molar-refractivity contribution in [1.82, 2.24) is 0 Å². The van der Waals surface area contributed by atoms with Crippen molar-refractivity contribution in [1.29, 1.82) is 0 Å². The Balaban J connectivity index is 2.04. The van der Waals surface area contributed by atoms with E-state index in [0.29, 0.717) is 11.5 Å². The molecule has 0 N–H and O–H groups in total. The lowest BCUT2D eigenvalue weighted by Crippen LogP contribution is -2.24. The second kappa shape index (κ2) is 7.44. The van der Waals surface area contributed by atoms with E-state index in [1.807, 2.05) is 22.6 Å². The van der Waals surface area contributed by atoms with Gasteiger partial charge in [-0.05, 0) is 72.0 Å². The fourth-order valence-electron chi connectivity index (χ4n) is 1.69. The fourth-order valence-corrected chi connectivity index (χ4v) is 2.14. The van der Waals surface area contributed by atoms with Crippen LogP contribution in [0.2, 0.25) is 0 Å². The van der Waals surface area contributed by atoms with Crippen LogP contribution in [-0.2, 0) is 9.53 Å². The van der Waals surface area contributed by atoms with Crippen LogP contribution in [0, 0.1) is 9.39 Å². The first kappa shape index (κ1) is 16.5. The normalized spacial score (nSPS) is 11.6. The van der Waals surface area contributed by atoms with Gasteiger partial charge in [-0.1, -0.05) is 0 Å². The molecule has 0 aliphatic rings. The zero-order valence-corrected chi connectivity index (χ0v) is 14.2. The Kier molecular flexibility index (Phi) is 5.59. The fraction of sp³-hybridized carbons (Fsp3) is 0.188. The summed E-state index contributed by atoms with van der Waals surface area (Å²) >= 11 is 2.03. The van der Waals surface area contributed by atoms with Crippen molar-refractivity contribution in [2.24, 2.45) is 0 Å². The quantitative estimate of drug-likeness (QED) is 0.543. The van der Waals surface area contributed by atoms with Gasteiger partial charge in [-0.15, -0.1) is 0 Å². The van der Waals surface area contributed by atoms with Crippen LogP contribution in [0.3, 0.4) is 0 Å². The molecule has 0 heterocycles. The third-order valence-electron chi connectivity index (χ3n) is 2.79. The largest absolute Gasteiger partial charge is 0.479 e. The van der Waals surface area contributed by atoms with Gasteiger partial charge >= 0.3 is 5.97 Å². The second-order valence-corrected chi connectivity index (χ2v) is 5.68. The highest BCUT2D eigenvalue weighted by atomic mass is 127. The summed E-state index contributed by atoms with van der Waals surface area (Å²) in [5.41, 5.74) is 0. The van der Waals surface area contributed by atoms with Gasteiger partial charge in [0.2, 0.25) is 0 Å². The molecule has 0 fully saturated rings. The minimum absolute atomic E-state index is 0.150. The number of carbonyl (C=O) groups is 1. The van der Waals surface area contributed by atoms with E-state index in [-0.39, 0.29) is 5.75 Å². The molecule has 0 aliphatic carbocycles. The molecule has 0 bridgehead atoms. The number of hydrogen-bond acceptors (Lipinski definition) is 4. The van der Waals surface area contributed by atoms with Crippen LogP contribution in [0.15, 0.2) is 42.5 Å². The topological polar surface area (TPSA) is 44.8 Å². The van der Waals surface area contributed by atoms with E-state index in [1.165, 1.54) is 13.2 Å². The smallest absolute Gasteiger partial charge is 0.346 e. The maximum Gasteiger partial charge on any atom is 0.346 e. The van der Waals surface area contributed by atoms with Gasteiger partial charge < -0.3 is 14.2 Å². The van der Waals surface area contributed by atoms with E-state index in [0.717, 1.165) is 3.57 Å². The molecule has 2 aromatic rings. The Labute approximate surface area is 141 Å². The molecule has 0 radical (unpaired) electrons. The standard InChI is InChI=1S/C16H14FIO4/c1-10(16(19)20-2)21-12-4-6-13(7-5-12)22-15-8-3-11(18)9-14(15)17/h3-10H,1-2H3. The predicted molar refractivity (Wildman–Crippen MR) is 87.7 cm³/mol. The third-order valence-corrected chi connectivity index (χ3v) is 3.46. The average molecular weight is 416 g/mol. The zero-order chi connectivity index (χ0) is 16.1. The zero-order valence-electron chi connectivity index (χ0n) is 12.0. The maximum atomic E-state index is 13.7. The van der Waals surface area contributed by atoms with Crippen LogP contribution in [0.25, 0.3) is 0 Å². The highest BCUT2D eigenvalue weighted by Gasteiger charge is 2.14. The van der Waals surface area contributed by atoms with E-state index < -0.39 is 17.9 Å². The van der Waals surface area contributed by atoms with Crippen LogP contribution < -0.4 is 9.47 Å². The molecule has 1 atom stereocenters. The number of hydrogen-bond donors (Lipinski definition) is 0. The number of ether oxygens (including phenoxy) is 3. The molecular weight excluding hydrogens is 402 g/mol. The number of benzene rings is 2. The maximum absolute atomic E-state index is 13.7. The number of rotatable bonds is 5. The average Bonchev–Trinajstić information content (AvgIpc) is 2.51. The molecule has 116 valence electrons. The van der Waals surface area contributed by atoms with Gasteiger partial charge in [0, 0.05) is 3.57 Å². The number of halogens is 2. The summed E-state index contributed by atoms with van der Waals surface area (Å²) in [4.78, 5) is 11.3.